The van der Waals surface area contributed by atoms with Gasteiger partial charge < -0.3 is 5.73 Å². The van der Waals surface area contributed by atoms with E-state index < -0.39 is 0 Å². The van der Waals surface area contributed by atoms with Gasteiger partial charge in [0, 0.05) is 15.7 Å². The predicted octanol–water partition coefficient (Wildman–Crippen LogP) is 4.09. The van der Waals surface area contributed by atoms with Crippen molar-refractivity contribution in [3.05, 3.63) is 49.0 Å². The molecule has 0 unspecified atom stereocenters. The Kier molecular flexibility index (Phi) is 3.47. The summed E-state index contributed by atoms with van der Waals surface area (Å²) in [6, 6.07) is 8.88. The molecule has 2 N–H and O–H groups in total. The Morgan fingerprint density at radius 3 is 2.50 bits per heavy atom. The Bertz CT molecular complexity index is 530. The van der Waals surface area contributed by atoms with Crippen molar-refractivity contribution in [3.63, 3.8) is 0 Å². The summed E-state index contributed by atoms with van der Waals surface area (Å²) in [6.45, 7) is 0. The van der Waals surface area contributed by atoms with Gasteiger partial charge in [0.1, 0.15) is 0 Å². The molecule has 16 heavy (non-hydrogen) atoms. The quantitative estimate of drug-likeness (QED) is 0.647. The fraction of sp³-hybridized carbons (Fsp3) is 0. The first-order chi connectivity index (χ1) is 7.56. The van der Waals surface area contributed by atoms with Crippen molar-refractivity contribution in [2.24, 2.45) is 0 Å². The summed E-state index contributed by atoms with van der Waals surface area (Å²) in [7, 11) is 0. The number of benzene rings is 1. The van der Waals surface area contributed by atoms with E-state index >= 15 is 0 Å². The lowest BCUT2D eigenvalue weighted by molar-refractivity contribution is 0.104. The van der Waals surface area contributed by atoms with Crippen molar-refractivity contribution in [1.29, 1.82) is 0 Å². The molecule has 0 bridgehead atoms. The topological polar surface area (TPSA) is 43.1 Å². The second kappa shape index (κ2) is 4.69. The van der Waals surface area contributed by atoms with Gasteiger partial charge in [-0.25, -0.2) is 0 Å². The predicted molar refractivity (Wildman–Crippen MR) is 74.0 cm³/mol. The van der Waals surface area contributed by atoms with Crippen molar-refractivity contribution in [3.8, 4) is 0 Å². The van der Waals surface area contributed by atoms with Crippen LogP contribution in [0.4, 0.5) is 5.69 Å². The maximum atomic E-state index is 12.1. The van der Waals surface area contributed by atoms with Crippen LogP contribution in [-0.2, 0) is 0 Å². The highest BCUT2D eigenvalue weighted by Gasteiger charge is 2.12. The molecule has 2 nitrogen and oxygen atoms in total. The Hall–Kier alpha value is -0.650. The Labute approximate surface area is 114 Å². The van der Waals surface area contributed by atoms with E-state index in [2.05, 4.69) is 31.9 Å². The molecule has 0 aliphatic rings. The van der Waals surface area contributed by atoms with E-state index in [1.165, 1.54) is 11.3 Å². The SMILES string of the molecule is Nc1cc(Br)cc(C(=O)c2ccc(Br)s2)c1. The van der Waals surface area contributed by atoms with E-state index in [9.17, 15) is 4.79 Å². The summed E-state index contributed by atoms with van der Waals surface area (Å²) >= 11 is 8.07. The standard InChI is InChI=1S/C11H7Br2NOS/c12-7-3-6(4-8(14)5-7)11(15)9-1-2-10(13)16-9/h1-5H,14H2. The average molecular weight is 361 g/mol. The molecule has 0 spiro atoms. The molecule has 0 fully saturated rings. The number of carbonyl (C=O) groups excluding carboxylic acids is 1. The number of hydrogen-bond acceptors (Lipinski definition) is 3. The lowest BCUT2D eigenvalue weighted by Gasteiger charge is -2.01. The second-order valence-corrected chi connectivity index (χ2v) is 6.58. The van der Waals surface area contributed by atoms with Crippen LogP contribution in [0.1, 0.15) is 15.2 Å². The molecule has 1 aromatic carbocycles. The van der Waals surface area contributed by atoms with Crippen LogP contribution in [0.5, 0.6) is 0 Å². The normalized spacial score (nSPS) is 10.4. The number of carbonyl (C=O) groups is 1. The average Bonchev–Trinajstić information content (AvgIpc) is 2.62. The molecule has 0 aliphatic heterocycles. The van der Waals surface area contributed by atoms with Crippen molar-refractivity contribution in [1.82, 2.24) is 0 Å². The van der Waals surface area contributed by atoms with Crippen molar-refractivity contribution in [2.75, 3.05) is 5.73 Å². The highest BCUT2D eigenvalue weighted by molar-refractivity contribution is 9.11. The van der Waals surface area contributed by atoms with Crippen LogP contribution in [0.15, 0.2) is 38.6 Å². The van der Waals surface area contributed by atoms with Gasteiger partial charge in [-0.15, -0.1) is 11.3 Å². The van der Waals surface area contributed by atoms with Crippen LogP contribution in [0, 0.1) is 0 Å². The number of nitrogen functional groups attached to an aromatic ring is 1. The Morgan fingerprint density at radius 1 is 1.19 bits per heavy atom. The van der Waals surface area contributed by atoms with Gasteiger partial charge in [0.25, 0.3) is 0 Å². The highest BCUT2D eigenvalue weighted by Crippen LogP contribution is 2.26. The molecule has 2 aromatic rings. The fourth-order valence-corrected chi connectivity index (χ4v) is 3.18. The summed E-state index contributed by atoms with van der Waals surface area (Å²) in [5.41, 5.74) is 6.87. The molecule has 0 saturated heterocycles. The summed E-state index contributed by atoms with van der Waals surface area (Å²) in [4.78, 5) is 12.8. The lowest BCUT2D eigenvalue weighted by Crippen LogP contribution is -1.99. The molecular formula is C11H7Br2NOS. The van der Waals surface area contributed by atoms with Crippen molar-refractivity contribution < 1.29 is 4.79 Å². The number of hydrogen-bond donors (Lipinski definition) is 1. The number of rotatable bonds is 2. The minimum Gasteiger partial charge on any atom is -0.399 e. The molecular weight excluding hydrogens is 354 g/mol. The van der Waals surface area contributed by atoms with Crippen LogP contribution in [0.3, 0.4) is 0 Å². The first-order valence-corrected chi connectivity index (χ1v) is 6.82. The first kappa shape index (κ1) is 11.8. The summed E-state index contributed by atoms with van der Waals surface area (Å²) < 4.78 is 1.75. The molecule has 0 amide bonds. The number of halogens is 2. The molecule has 5 heteroatoms. The van der Waals surface area contributed by atoms with Gasteiger partial charge >= 0.3 is 0 Å². The van der Waals surface area contributed by atoms with E-state index in [1.807, 2.05) is 6.07 Å². The van der Waals surface area contributed by atoms with Crippen molar-refractivity contribution >= 4 is 54.7 Å². The van der Waals surface area contributed by atoms with E-state index in [0.29, 0.717) is 16.1 Å². The van der Waals surface area contributed by atoms with Gasteiger partial charge in [-0.05, 0) is 46.3 Å². The highest BCUT2D eigenvalue weighted by atomic mass is 79.9. The van der Waals surface area contributed by atoms with Crippen LogP contribution in [0.25, 0.3) is 0 Å². The molecule has 82 valence electrons. The van der Waals surface area contributed by atoms with Crippen LogP contribution < -0.4 is 5.73 Å². The molecule has 0 saturated carbocycles. The van der Waals surface area contributed by atoms with Gasteiger partial charge in [0.05, 0.1) is 8.66 Å². The molecule has 0 radical (unpaired) electrons. The molecule has 1 aromatic heterocycles. The molecule has 0 atom stereocenters. The lowest BCUT2D eigenvalue weighted by atomic mass is 10.1. The maximum absolute atomic E-state index is 12.1. The number of nitrogens with two attached hydrogens (primary N) is 1. The third-order valence-corrected chi connectivity index (χ3v) is 4.06. The molecule has 0 aliphatic carbocycles. The molecule has 2 rings (SSSR count). The summed E-state index contributed by atoms with van der Waals surface area (Å²) in [5.74, 6) is -0.0105. The minimum atomic E-state index is -0.0105. The second-order valence-electron chi connectivity index (χ2n) is 3.21. The first-order valence-electron chi connectivity index (χ1n) is 4.42. The smallest absolute Gasteiger partial charge is 0.203 e. The van der Waals surface area contributed by atoms with Crippen molar-refractivity contribution in [2.45, 2.75) is 0 Å². The molecule has 1 heterocycles. The van der Waals surface area contributed by atoms with E-state index in [4.69, 9.17) is 5.73 Å². The number of thiophene rings is 1. The zero-order valence-corrected chi connectivity index (χ0v) is 12.0. The van der Waals surface area contributed by atoms with E-state index in [1.54, 1.807) is 24.3 Å². The summed E-state index contributed by atoms with van der Waals surface area (Å²) in [5, 5.41) is 0. The minimum absolute atomic E-state index is 0.0105. The number of ketones is 1. The van der Waals surface area contributed by atoms with Crippen LogP contribution in [-0.4, -0.2) is 5.78 Å². The Balaban J connectivity index is 2.41. The Morgan fingerprint density at radius 2 is 1.94 bits per heavy atom. The summed E-state index contributed by atoms with van der Waals surface area (Å²) in [6.07, 6.45) is 0. The van der Waals surface area contributed by atoms with Gasteiger partial charge in [0.15, 0.2) is 0 Å². The van der Waals surface area contributed by atoms with Gasteiger partial charge in [0.2, 0.25) is 5.78 Å². The van der Waals surface area contributed by atoms with E-state index in [0.717, 1.165) is 8.26 Å². The zero-order valence-electron chi connectivity index (χ0n) is 8.04. The van der Waals surface area contributed by atoms with Crippen LogP contribution >= 0.6 is 43.2 Å². The maximum Gasteiger partial charge on any atom is 0.203 e. The third-order valence-electron chi connectivity index (χ3n) is 1.98. The van der Waals surface area contributed by atoms with Gasteiger partial charge in [-0.1, -0.05) is 15.9 Å². The third kappa shape index (κ3) is 2.53. The van der Waals surface area contributed by atoms with Crippen LogP contribution in [0.2, 0.25) is 0 Å². The van der Waals surface area contributed by atoms with Gasteiger partial charge in [-0.3, -0.25) is 4.79 Å². The largest absolute Gasteiger partial charge is 0.399 e. The monoisotopic (exact) mass is 359 g/mol. The number of anilines is 1. The van der Waals surface area contributed by atoms with Gasteiger partial charge in [-0.2, -0.15) is 0 Å². The van der Waals surface area contributed by atoms with E-state index in [-0.39, 0.29) is 5.78 Å². The zero-order chi connectivity index (χ0) is 11.7. The fourth-order valence-electron chi connectivity index (χ4n) is 1.32.